The van der Waals surface area contributed by atoms with E-state index in [-0.39, 0.29) is 10.8 Å². The number of hydrogen-bond donors (Lipinski definition) is 0. The van der Waals surface area contributed by atoms with Gasteiger partial charge in [-0.1, -0.05) is 27.3 Å². The summed E-state index contributed by atoms with van der Waals surface area (Å²) in [7, 11) is 1.57. The van der Waals surface area contributed by atoms with Crippen LogP contribution in [0.3, 0.4) is 0 Å². The summed E-state index contributed by atoms with van der Waals surface area (Å²) in [5, 5.41) is 0.577. The predicted molar refractivity (Wildman–Crippen MR) is 138 cm³/mol. The predicted octanol–water partition coefficient (Wildman–Crippen LogP) is 3.82. The zero-order chi connectivity index (χ0) is 24.5. The number of rotatable bonds is 8. The number of fused-ring (bicyclic) bond motifs is 1. The van der Waals surface area contributed by atoms with Gasteiger partial charge in [0, 0.05) is 24.1 Å². The number of nitrogens with zero attached hydrogens (tertiary/aromatic N) is 4. The van der Waals surface area contributed by atoms with Gasteiger partial charge in [-0.15, -0.1) is 0 Å². The Bertz CT molecular complexity index is 1280. The largest absolute Gasteiger partial charge is 0.497 e. The number of sulfonamides is 1. The summed E-state index contributed by atoms with van der Waals surface area (Å²) in [5.74, 6) is 0.333. The smallest absolute Gasteiger partial charge is 0.247 e. The number of likely N-dealkylation sites (N-methyl/N-ethyl adjacent to an activating group) is 1. The maximum Gasteiger partial charge on any atom is 0.247 e. The lowest BCUT2D eigenvalue weighted by Gasteiger charge is -2.29. The highest BCUT2D eigenvalue weighted by Crippen LogP contribution is 2.34. The van der Waals surface area contributed by atoms with Crippen LogP contribution in [0.15, 0.2) is 51.8 Å². The lowest BCUT2D eigenvalue weighted by molar-refractivity contribution is -0.121. The van der Waals surface area contributed by atoms with E-state index in [4.69, 9.17) is 9.72 Å². The van der Waals surface area contributed by atoms with Crippen molar-refractivity contribution in [2.75, 3.05) is 45.7 Å². The van der Waals surface area contributed by atoms with Crippen molar-refractivity contribution in [2.24, 2.45) is 0 Å². The van der Waals surface area contributed by atoms with Crippen LogP contribution in [-0.4, -0.2) is 75.4 Å². The minimum Gasteiger partial charge on any atom is -0.497 e. The number of anilines is 1. The number of ether oxygens (including phenoxy) is 1. The standard InChI is InChI=1S/C23H27BrN4O4S2/c1-26(2)13-14-27(23-25-19-11-6-16(24)15-21(19)33-23)22(29)20-5-4-12-28(20)34(30,31)18-9-7-17(32-3)8-10-18/h6-11,15,20H,4-5,12-14H2,1-3H3. The van der Waals surface area contributed by atoms with Gasteiger partial charge in [-0.05, 0) is 69.4 Å². The third kappa shape index (κ3) is 5.13. The molecule has 11 heteroatoms. The molecule has 2 aromatic carbocycles. The first-order valence-corrected chi connectivity index (χ1v) is 13.9. The number of methoxy groups -OCH3 is 1. The van der Waals surface area contributed by atoms with Gasteiger partial charge >= 0.3 is 0 Å². The Morgan fingerprint density at radius 1 is 1.21 bits per heavy atom. The molecule has 1 aliphatic rings. The van der Waals surface area contributed by atoms with Gasteiger partial charge in [0.2, 0.25) is 15.9 Å². The highest BCUT2D eigenvalue weighted by molar-refractivity contribution is 9.10. The van der Waals surface area contributed by atoms with Crippen LogP contribution < -0.4 is 9.64 Å². The van der Waals surface area contributed by atoms with E-state index in [1.807, 2.05) is 37.2 Å². The molecule has 1 saturated heterocycles. The quantitative estimate of drug-likeness (QED) is 0.412. The maximum absolute atomic E-state index is 13.8. The number of benzene rings is 2. The molecule has 3 aromatic rings. The van der Waals surface area contributed by atoms with Gasteiger partial charge in [-0.25, -0.2) is 13.4 Å². The number of hydrogen-bond acceptors (Lipinski definition) is 7. The van der Waals surface area contributed by atoms with E-state index in [9.17, 15) is 13.2 Å². The van der Waals surface area contributed by atoms with Gasteiger partial charge in [0.25, 0.3) is 0 Å². The summed E-state index contributed by atoms with van der Waals surface area (Å²) in [6, 6.07) is 11.3. The van der Waals surface area contributed by atoms with Crippen molar-refractivity contribution in [3.8, 4) is 5.75 Å². The van der Waals surface area contributed by atoms with Crippen molar-refractivity contribution in [3.63, 3.8) is 0 Å². The average molecular weight is 568 g/mol. The highest BCUT2D eigenvalue weighted by Gasteiger charge is 2.42. The molecule has 1 fully saturated rings. The molecule has 1 atom stereocenters. The van der Waals surface area contributed by atoms with Gasteiger partial charge < -0.3 is 9.64 Å². The number of amides is 1. The SMILES string of the molecule is COc1ccc(S(=O)(=O)N2CCCC2C(=O)N(CCN(C)C)c2nc3ccc(Br)cc3s2)cc1. The molecule has 2 heterocycles. The minimum atomic E-state index is -3.84. The van der Waals surface area contributed by atoms with Crippen LogP contribution >= 0.6 is 27.3 Å². The summed E-state index contributed by atoms with van der Waals surface area (Å²) >= 11 is 4.91. The molecule has 1 aromatic heterocycles. The van der Waals surface area contributed by atoms with Crippen LogP contribution in [0, 0.1) is 0 Å². The molecule has 0 spiro atoms. The van der Waals surface area contributed by atoms with E-state index in [0.717, 1.165) is 14.7 Å². The second kappa shape index (κ2) is 10.3. The first-order valence-electron chi connectivity index (χ1n) is 10.9. The van der Waals surface area contributed by atoms with Crippen molar-refractivity contribution in [3.05, 3.63) is 46.9 Å². The van der Waals surface area contributed by atoms with Crippen molar-refractivity contribution < 1.29 is 17.9 Å². The van der Waals surface area contributed by atoms with E-state index in [1.165, 1.54) is 34.9 Å². The van der Waals surface area contributed by atoms with E-state index in [2.05, 4.69) is 15.9 Å². The lowest BCUT2D eigenvalue weighted by Crippen LogP contribution is -2.49. The van der Waals surface area contributed by atoms with Gasteiger partial charge in [0.15, 0.2) is 5.13 Å². The third-order valence-corrected chi connectivity index (χ3v) is 9.22. The summed E-state index contributed by atoms with van der Waals surface area (Å²) in [5.41, 5.74) is 0.806. The van der Waals surface area contributed by atoms with Crippen molar-refractivity contribution >= 4 is 58.5 Å². The van der Waals surface area contributed by atoms with E-state index >= 15 is 0 Å². The fourth-order valence-electron chi connectivity index (χ4n) is 3.94. The minimum absolute atomic E-state index is 0.151. The Labute approximate surface area is 212 Å². The molecule has 0 radical (unpaired) electrons. The number of carbonyl (C=O) groups is 1. The molecular weight excluding hydrogens is 540 g/mol. The Morgan fingerprint density at radius 2 is 1.94 bits per heavy atom. The molecule has 4 rings (SSSR count). The highest BCUT2D eigenvalue weighted by atomic mass is 79.9. The third-order valence-electron chi connectivity index (χ3n) is 5.76. The summed E-state index contributed by atoms with van der Waals surface area (Å²) in [6.45, 7) is 1.35. The van der Waals surface area contributed by atoms with Crippen LogP contribution in [0.4, 0.5) is 5.13 Å². The first kappa shape index (κ1) is 25.1. The number of carbonyl (C=O) groups excluding carboxylic acids is 1. The molecule has 0 aliphatic carbocycles. The fourth-order valence-corrected chi connectivity index (χ4v) is 7.14. The average Bonchev–Trinajstić information content (AvgIpc) is 3.46. The molecular formula is C23H27BrN4O4S2. The van der Waals surface area contributed by atoms with Crippen molar-refractivity contribution in [2.45, 2.75) is 23.8 Å². The molecule has 0 N–H and O–H groups in total. The van der Waals surface area contributed by atoms with Gasteiger partial charge in [0.05, 0.1) is 22.2 Å². The Morgan fingerprint density at radius 3 is 2.62 bits per heavy atom. The molecule has 0 bridgehead atoms. The number of thiazole rings is 1. The van der Waals surface area contributed by atoms with Gasteiger partial charge in [0.1, 0.15) is 11.8 Å². The maximum atomic E-state index is 13.8. The topological polar surface area (TPSA) is 83.0 Å². The summed E-state index contributed by atoms with van der Waals surface area (Å²) in [4.78, 5) is 22.3. The van der Waals surface area contributed by atoms with Crippen molar-refractivity contribution in [1.82, 2.24) is 14.2 Å². The number of halogens is 1. The van der Waals surface area contributed by atoms with Crippen LogP contribution in [0.1, 0.15) is 12.8 Å². The van der Waals surface area contributed by atoms with Gasteiger partial charge in [-0.3, -0.25) is 9.69 Å². The van der Waals surface area contributed by atoms with Crippen LogP contribution in [-0.2, 0) is 14.8 Å². The van der Waals surface area contributed by atoms with E-state index in [0.29, 0.717) is 43.4 Å². The Kier molecular flexibility index (Phi) is 7.58. The molecule has 34 heavy (non-hydrogen) atoms. The molecule has 1 amide bonds. The van der Waals surface area contributed by atoms with Crippen LogP contribution in [0.2, 0.25) is 0 Å². The Hall–Kier alpha value is -2.05. The Balaban J connectivity index is 1.66. The monoisotopic (exact) mass is 566 g/mol. The molecule has 8 nitrogen and oxygen atoms in total. The fraction of sp³-hybridized carbons (Fsp3) is 0.391. The second-order valence-electron chi connectivity index (χ2n) is 8.35. The number of aromatic nitrogens is 1. The molecule has 182 valence electrons. The lowest BCUT2D eigenvalue weighted by atomic mass is 10.2. The zero-order valence-corrected chi connectivity index (χ0v) is 22.5. The van der Waals surface area contributed by atoms with Crippen LogP contribution in [0.5, 0.6) is 5.75 Å². The van der Waals surface area contributed by atoms with Crippen molar-refractivity contribution in [1.29, 1.82) is 0 Å². The van der Waals surface area contributed by atoms with Crippen LogP contribution in [0.25, 0.3) is 10.2 Å². The zero-order valence-electron chi connectivity index (χ0n) is 19.3. The molecule has 1 aliphatic heterocycles. The second-order valence-corrected chi connectivity index (χ2v) is 12.2. The first-order chi connectivity index (χ1) is 16.2. The molecule has 1 unspecified atom stereocenters. The van der Waals surface area contributed by atoms with E-state index in [1.54, 1.807) is 17.0 Å². The van der Waals surface area contributed by atoms with E-state index < -0.39 is 16.1 Å². The van der Waals surface area contributed by atoms with Gasteiger partial charge in [-0.2, -0.15) is 4.31 Å². The molecule has 0 saturated carbocycles. The normalized spacial score (nSPS) is 16.9. The summed E-state index contributed by atoms with van der Waals surface area (Å²) < 4.78 is 35.3. The summed E-state index contributed by atoms with van der Waals surface area (Å²) in [6.07, 6.45) is 1.10.